The van der Waals surface area contributed by atoms with Crippen LogP contribution in [0.4, 0.5) is 0 Å². The highest BCUT2D eigenvalue weighted by molar-refractivity contribution is 5.90. The quantitative estimate of drug-likeness (QED) is 0.853. The summed E-state index contributed by atoms with van der Waals surface area (Å²) < 4.78 is 0. The van der Waals surface area contributed by atoms with E-state index in [0.29, 0.717) is 18.9 Å². The molecule has 0 atom stereocenters. The third-order valence-electron chi connectivity index (χ3n) is 3.01. The number of nitrogens with zero attached hydrogens (tertiary/aromatic N) is 4. The maximum Gasteiger partial charge on any atom is 0.293 e. The van der Waals surface area contributed by atoms with Gasteiger partial charge in [0.15, 0.2) is 0 Å². The zero-order valence-corrected chi connectivity index (χ0v) is 10.7. The lowest BCUT2D eigenvalue weighted by atomic mass is 10.2. The molecule has 0 bridgehead atoms. The van der Waals surface area contributed by atoms with E-state index in [0.717, 1.165) is 18.7 Å². The van der Waals surface area contributed by atoms with Gasteiger partial charge in [0.25, 0.3) is 5.91 Å². The molecule has 1 fully saturated rings. The molecule has 1 N–H and O–H groups in total. The summed E-state index contributed by atoms with van der Waals surface area (Å²) in [5.41, 5.74) is 0. The smallest absolute Gasteiger partial charge is 0.293 e. The highest BCUT2D eigenvalue weighted by Gasteiger charge is 2.29. The Morgan fingerprint density at radius 2 is 2.33 bits per heavy atom. The van der Waals surface area contributed by atoms with Crippen LogP contribution in [0, 0.1) is 11.3 Å². The fourth-order valence-corrected chi connectivity index (χ4v) is 1.80. The summed E-state index contributed by atoms with van der Waals surface area (Å²) >= 11 is 0. The standard InChI is InChI=1S/C12H17N5O/c1-8(2)17(7-3-6-13)12(18)11-14-10(15-16-11)9-4-5-9/h8-9H,3-5,7H2,1-2H3,(H,14,15,16). The van der Waals surface area contributed by atoms with Crippen molar-refractivity contribution < 1.29 is 4.79 Å². The minimum absolute atomic E-state index is 0.0359. The van der Waals surface area contributed by atoms with E-state index in [1.54, 1.807) is 4.90 Å². The molecule has 1 amide bonds. The van der Waals surface area contributed by atoms with Gasteiger partial charge in [0, 0.05) is 18.5 Å². The van der Waals surface area contributed by atoms with Crippen molar-refractivity contribution in [3.8, 4) is 6.07 Å². The largest absolute Gasteiger partial charge is 0.332 e. The molecule has 1 aliphatic carbocycles. The molecule has 18 heavy (non-hydrogen) atoms. The predicted molar refractivity (Wildman–Crippen MR) is 64.8 cm³/mol. The summed E-state index contributed by atoms with van der Waals surface area (Å²) in [6.45, 7) is 4.26. The van der Waals surface area contributed by atoms with E-state index in [-0.39, 0.29) is 17.8 Å². The van der Waals surface area contributed by atoms with Gasteiger partial charge in [0.05, 0.1) is 12.5 Å². The third kappa shape index (κ3) is 2.67. The molecule has 6 heteroatoms. The monoisotopic (exact) mass is 247 g/mol. The second-order valence-electron chi connectivity index (χ2n) is 4.82. The van der Waals surface area contributed by atoms with Crippen LogP contribution in [0.2, 0.25) is 0 Å². The van der Waals surface area contributed by atoms with Crippen molar-refractivity contribution in [3.63, 3.8) is 0 Å². The van der Waals surface area contributed by atoms with E-state index in [1.807, 2.05) is 13.8 Å². The number of aromatic nitrogens is 3. The molecule has 0 saturated heterocycles. The molecule has 0 unspecified atom stereocenters. The van der Waals surface area contributed by atoms with Gasteiger partial charge < -0.3 is 4.90 Å². The van der Waals surface area contributed by atoms with Crippen LogP contribution >= 0.6 is 0 Å². The topological polar surface area (TPSA) is 85.7 Å². The maximum atomic E-state index is 12.2. The Hall–Kier alpha value is -1.90. The lowest BCUT2D eigenvalue weighted by molar-refractivity contribution is 0.0698. The van der Waals surface area contributed by atoms with Crippen molar-refractivity contribution >= 4 is 5.91 Å². The fraction of sp³-hybridized carbons (Fsp3) is 0.667. The van der Waals surface area contributed by atoms with Crippen molar-refractivity contribution in [2.24, 2.45) is 0 Å². The molecular weight excluding hydrogens is 230 g/mol. The molecule has 1 heterocycles. The van der Waals surface area contributed by atoms with E-state index in [4.69, 9.17) is 5.26 Å². The van der Waals surface area contributed by atoms with Crippen LogP contribution in [0.15, 0.2) is 0 Å². The van der Waals surface area contributed by atoms with Crippen LogP contribution in [0.1, 0.15) is 55.5 Å². The Bertz CT molecular complexity index is 469. The van der Waals surface area contributed by atoms with Crippen molar-refractivity contribution in [3.05, 3.63) is 11.6 Å². The zero-order chi connectivity index (χ0) is 13.1. The van der Waals surface area contributed by atoms with Gasteiger partial charge in [-0.1, -0.05) is 0 Å². The Morgan fingerprint density at radius 3 is 2.89 bits per heavy atom. The molecule has 0 spiro atoms. The van der Waals surface area contributed by atoms with Gasteiger partial charge in [-0.05, 0) is 26.7 Å². The molecule has 1 aliphatic rings. The van der Waals surface area contributed by atoms with E-state index in [1.165, 1.54) is 0 Å². The molecule has 1 saturated carbocycles. The number of carbonyl (C=O) groups is 1. The minimum Gasteiger partial charge on any atom is -0.332 e. The van der Waals surface area contributed by atoms with E-state index in [9.17, 15) is 4.79 Å². The van der Waals surface area contributed by atoms with Crippen molar-refractivity contribution in [2.45, 2.75) is 45.1 Å². The zero-order valence-electron chi connectivity index (χ0n) is 10.7. The predicted octanol–water partition coefficient (Wildman–Crippen LogP) is 1.45. The lowest BCUT2D eigenvalue weighted by Crippen LogP contribution is -2.38. The number of hydrogen-bond donors (Lipinski definition) is 1. The summed E-state index contributed by atoms with van der Waals surface area (Å²) in [4.78, 5) is 18.1. The number of hydrogen-bond acceptors (Lipinski definition) is 4. The normalized spacial score (nSPS) is 14.6. The van der Waals surface area contributed by atoms with Gasteiger partial charge in [-0.25, -0.2) is 4.98 Å². The summed E-state index contributed by atoms with van der Waals surface area (Å²) in [6.07, 6.45) is 2.56. The summed E-state index contributed by atoms with van der Waals surface area (Å²) in [5, 5.41) is 15.4. The van der Waals surface area contributed by atoms with E-state index in [2.05, 4.69) is 21.3 Å². The van der Waals surface area contributed by atoms with Gasteiger partial charge in [-0.3, -0.25) is 9.89 Å². The molecule has 96 valence electrons. The maximum absolute atomic E-state index is 12.2. The second kappa shape index (κ2) is 5.17. The van der Waals surface area contributed by atoms with Crippen LogP contribution in [-0.2, 0) is 0 Å². The first-order valence-corrected chi connectivity index (χ1v) is 6.23. The van der Waals surface area contributed by atoms with E-state index >= 15 is 0 Å². The second-order valence-corrected chi connectivity index (χ2v) is 4.82. The number of rotatable bonds is 5. The Morgan fingerprint density at radius 1 is 1.61 bits per heavy atom. The number of nitriles is 1. The molecule has 1 aromatic heterocycles. The number of H-pyrrole nitrogens is 1. The first-order valence-electron chi connectivity index (χ1n) is 6.23. The van der Waals surface area contributed by atoms with Crippen LogP contribution in [0.25, 0.3) is 0 Å². The van der Waals surface area contributed by atoms with Crippen molar-refractivity contribution in [1.82, 2.24) is 20.1 Å². The number of carbonyl (C=O) groups excluding carboxylic acids is 1. The number of nitrogens with one attached hydrogen (secondary N) is 1. The van der Waals surface area contributed by atoms with E-state index < -0.39 is 0 Å². The number of aromatic amines is 1. The van der Waals surface area contributed by atoms with Crippen molar-refractivity contribution in [2.75, 3.05) is 6.54 Å². The first kappa shape index (κ1) is 12.6. The van der Waals surface area contributed by atoms with Gasteiger partial charge in [-0.2, -0.15) is 5.26 Å². The third-order valence-corrected chi connectivity index (χ3v) is 3.01. The SMILES string of the molecule is CC(C)N(CCC#N)C(=O)c1n[nH]c(C2CC2)n1. The average molecular weight is 247 g/mol. The molecule has 0 aliphatic heterocycles. The summed E-state index contributed by atoms with van der Waals surface area (Å²) in [7, 11) is 0. The van der Waals surface area contributed by atoms with Crippen LogP contribution in [0.5, 0.6) is 0 Å². The highest BCUT2D eigenvalue weighted by Crippen LogP contribution is 2.37. The van der Waals surface area contributed by atoms with Crippen molar-refractivity contribution in [1.29, 1.82) is 5.26 Å². The average Bonchev–Trinajstić information content (AvgIpc) is 3.07. The molecule has 1 aromatic rings. The van der Waals surface area contributed by atoms with Gasteiger partial charge in [-0.15, -0.1) is 5.10 Å². The first-order chi connectivity index (χ1) is 8.63. The molecule has 2 rings (SSSR count). The van der Waals surface area contributed by atoms with Gasteiger partial charge in [0.2, 0.25) is 5.82 Å². The molecule has 0 aromatic carbocycles. The number of amides is 1. The van der Waals surface area contributed by atoms with Crippen LogP contribution in [0.3, 0.4) is 0 Å². The highest BCUT2D eigenvalue weighted by atomic mass is 16.2. The van der Waals surface area contributed by atoms with Gasteiger partial charge in [0.1, 0.15) is 5.82 Å². The fourth-order valence-electron chi connectivity index (χ4n) is 1.80. The molecule has 0 radical (unpaired) electrons. The minimum atomic E-state index is -0.205. The van der Waals surface area contributed by atoms with Crippen LogP contribution < -0.4 is 0 Å². The summed E-state index contributed by atoms with van der Waals surface area (Å²) in [5.74, 6) is 1.26. The van der Waals surface area contributed by atoms with Crippen LogP contribution in [-0.4, -0.2) is 38.6 Å². The molecule has 6 nitrogen and oxygen atoms in total. The van der Waals surface area contributed by atoms with Gasteiger partial charge >= 0.3 is 0 Å². The summed E-state index contributed by atoms with van der Waals surface area (Å²) in [6, 6.07) is 2.09. The lowest BCUT2D eigenvalue weighted by Gasteiger charge is -2.24. The Labute approximate surface area is 106 Å². The Balaban J connectivity index is 2.08. The Kier molecular flexibility index (Phi) is 3.60. The molecular formula is C12H17N5O.